The Balaban J connectivity index is 3.15. The number of carbonyl (C=O) groups is 1. The molecule has 21 heavy (non-hydrogen) atoms. The van der Waals surface area contributed by atoms with E-state index in [0.717, 1.165) is 10.4 Å². The van der Waals surface area contributed by atoms with Gasteiger partial charge < -0.3 is 4.90 Å². The fourth-order valence-electron chi connectivity index (χ4n) is 1.61. The zero-order valence-electron chi connectivity index (χ0n) is 12.1. The third-order valence-corrected chi connectivity index (χ3v) is 5.30. The molecule has 0 fully saturated rings. The predicted octanol–water partition coefficient (Wildman–Crippen LogP) is 2.08. The average molecular weight is 381 g/mol. The highest BCUT2D eigenvalue weighted by Gasteiger charge is 2.27. The minimum absolute atomic E-state index is 0.164. The molecule has 1 amide bonds. The number of likely N-dealkylation sites (N-methyl/N-ethyl adjacent to an activating group) is 1. The second kappa shape index (κ2) is 7.33. The van der Waals surface area contributed by atoms with Crippen LogP contribution in [-0.4, -0.2) is 50.7 Å². The number of hydrogen-bond donors (Lipinski definition) is 0. The normalized spacial score (nSPS) is 11.7. The third kappa shape index (κ3) is 4.49. The summed E-state index contributed by atoms with van der Waals surface area (Å²) in [4.78, 5) is 12.9. The van der Waals surface area contributed by atoms with Crippen molar-refractivity contribution in [1.82, 2.24) is 9.21 Å². The summed E-state index contributed by atoms with van der Waals surface area (Å²) in [6, 6.07) is 3.59. The van der Waals surface area contributed by atoms with E-state index in [0.29, 0.717) is 6.42 Å². The van der Waals surface area contributed by atoms with Gasteiger partial charge in [-0.25, -0.2) is 12.8 Å². The highest BCUT2D eigenvalue weighted by atomic mass is 79.9. The molecule has 1 rings (SSSR count). The minimum Gasteiger partial charge on any atom is -0.348 e. The Bertz CT molecular complexity index is 620. The van der Waals surface area contributed by atoms with Gasteiger partial charge in [-0.3, -0.25) is 4.79 Å². The SMILES string of the molecule is CCCN(CC(=O)N(C)C)S(=O)(=O)c1ccc(Br)c(F)c1. The lowest BCUT2D eigenvalue weighted by atomic mass is 10.3. The summed E-state index contributed by atoms with van der Waals surface area (Å²) in [5, 5.41) is 0. The Kier molecular flexibility index (Phi) is 6.30. The molecule has 0 saturated carbocycles. The molecular formula is C13H18BrFN2O3S. The van der Waals surface area contributed by atoms with E-state index in [1.54, 1.807) is 14.1 Å². The van der Waals surface area contributed by atoms with Crippen molar-refractivity contribution in [3.8, 4) is 0 Å². The summed E-state index contributed by atoms with van der Waals surface area (Å²) in [7, 11) is -0.798. The largest absolute Gasteiger partial charge is 0.348 e. The van der Waals surface area contributed by atoms with E-state index in [-0.39, 0.29) is 28.4 Å². The Morgan fingerprint density at radius 2 is 1.95 bits per heavy atom. The standard InChI is InChI=1S/C13H18BrFN2O3S/c1-4-7-17(9-13(18)16(2)3)21(19,20)10-5-6-11(14)12(15)8-10/h5-6,8H,4,7,9H2,1-3H3. The first kappa shape index (κ1) is 18.1. The number of carbonyl (C=O) groups excluding carboxylic acids is 1. The second-order valence-corrected chi connectivity index (χ2v) is 7.49. The first-order valence-electron chi connectivity index (χ1n) is 6.35. The van der Waals surface area contributed by atoms with Gasteiger partial charge in [0, 0.05) is 20.6 Å². The van der Waals surface area contributed by atoms with Gasteiger partial charge in [-0.15, -0.1) is 0 Å². The van der Waals surface area contributed by atoms with Crippen LogP contribution in [0, 0.1) is 5.82 Å². The molecule has 0 radical (unpaired) electrons. The molecule has 118 valence electrons. The van der Waals surface area contributed by atoms with Crippen LogP contribution in [0.3, 0.4) is 0 Å². The van der Waals surface area contributed by atoms with Crippen LogP contribution < -0.4 is 0 Å². The zero-order chi connectivity index (χ0) is 16.2. The number of nitrogens with zero attached hydrogens (tertiary/aromatic N) is 2. The fraction of sp³-hybridized carbons (Fsp3) is 0.462. The van der Waals surface area contributed by atoms with Crippen molar-refractivity contribution in [2.75, 3.05) is 27.2 Å². The van der Waals surface area contributed by atoms with Gasteiger partial charge in [0.1, 0.15) is 5.82 Å². The van der Waals surface area contributed by atoms with Crippen LogP contribution in [0.4, 0.5) is 4.39 Å². The lowest BCUT2D eigenvalue weighted by molar-refractivity contribution is -0.128. The second-order valence-electron chi connectivity index (χ2n) is 4.70. The molecule has 1 aromatic rings. The number of benzene rings is 1. The first-order chi connectivity index (χ1) is 9.70. The van der Waals surface area contributed by atoms with Crippen LogP contribution in [0.2, 0.25) is 0 Å². The Hall–Kier alpha value is -0.990. The van der Waals surface area contributed by atoms with Crippen LogP contribution in [0.15, 0.2) is 27.6 Å². The third-order valence-electron chi connectivity index (χ3n) is 2.81. The Labute approximate surface area is 132 Å². The van der Waals surface area contributed by atoms with E-state index in [1.165, 1.54) is 17.0 Å². The molecule has 0 aliphatic carbocycles. The average Bonchev–Trinajstić information content (AvgIpc) is 2.40. The van der Waals surface area contributed by atoms with Crippen molar-refractivity contribution in [1.29, 1.82) is 0 Å². The first-order valence-corrected chi connectivity index (χ1v) is 8.58. The van der Waals surface area contributed by atoms with Crippen molar-refractivity contribution >= 4 is 31.9 Å². The van der Waals surface area contributed by atoms with Crippen LogP contribution >= 0.6 is 15.9 Å². The van der Waals surface area contributed by atoms with Crippen molar-refractivity contribution in [2.45, 2.75) is 18.2 Å². The number of amides is 1. The molecule has 0 unspecified atom stereocenters. The minimum atomic E-state index is -3.91. The molecule has 0 saturated heterocycles. The summed E-state index contributed by atoms with van der Waals surface area (Å²) < 4.78 is 39.8. The summed E-state index contributed by atoms with van der Waals surface area (Å²) in [6.07, 6.45) is 0.555. The molecule has 8 heteroatoms. The van der Waals surface area contributed by atoms with Gasteiger partial charge >= 0.3 is 0 Å². The molecule has 0 aliphatic heterocycles. The molecule has 0 aliphatic rings. The van der Waals surface area contributed by atoms with Gasteiger partial charge in [0.15, 0.2) is 0 Å². The monoisotopic (exact) mass is 380 g/mol. The Morgan fingerprint density at radius 1 is 1.33 bits per heavy atom. The maximum atomic E-state index is 13.5. The van der Waals surface area contributed by atoms with Gasteiger partial charge in [0.25, 0.3) is 0 Å². The summed E-state index contributed by atoms with van der Waals surface area (Å²) >= 11 is 2.98. The van der Waals surface area contributed by atoms with Gasteiger partial charge in [-0.2, -0.15) is 4.31 Å². The van der Waals surface area contributed by atoms with Gasteiger partial charge in [0.2, 0.25) is 15.9 Å². The van der Waals surface area contributed by atoms with E-state index >= 15 is 0 Å². The Morgan fingerprint density at radius 3 is 2.43 bits per heavy atom. The van der Waals surface area contributed by atoms with E-state index in [2.05, 4.69) is 15.9 Å². The summed E-state index contributed by atoms with van der Waals surface area (Å²) in [5.74, 6) is -0.990. The smallest absolute Gasteiger partial charge is 0.243 e. The van der Waals surface area contributed by atoms with Crippen LogP contribution in [0.5, 0.6) is 0 Å². The molecular weight excluding hydrogens is 363 g/mol. The predicted molar refractivity (Wildman–Crippen MR) is 81.8 cm³/mol. The molecule has 0 spiro atoms. The molecule has 0 aromatic heterocycles. The topological polar surface area (TPSA) is 57.7 Å². The number of hydrogen-bond acceptors (Lipinski definition) is 3. The molecule has 0 atom stereocenters. The quantitative estimate of drug-likeness (QED) is 0.758. The maximum absolute atomic E-state index is 13.5. The molecule has 0 bridgehead atoms. The van der Waals surface area contributed by atoms with Crippen molar-refractivity contribution in [3.63, 3.8) is 0 Å². The lowest BCUT2D eigenvalue weighted by Crippen LogP contribution is -2.40. The van der Waals surface area contributed by atoms with E-state index < -0.39 is 15.8 Å². The maximum Gasteiger partial charge on any atom is 0.243 e. The van der Waals surface area contributed by atoms with Crippen LogP contribution in [-0.2, 0) is 14.8 Å². The van der Waals surface area contributed by atoms with Gasteiger partial charge in [-0.05, 0) is 40.5 Å². The number of rotatable bonds is 6. The van der Waals surface area contributed by atoms with Crippen molar-refractivity contribution < 1.29 is 17.6 Å². The van der Waals surface area contributed by atoms with E-state index in [1.807, 2.05) is 6.92 Å². The molecule has 5 nitrogen and oxygen atoms in total. The fourth-order valence-corrected chi connectivity index (χ4v) is 3.35. The number of sulfonamides is 1. The van der Waals surface area contributed by atoms with Crippen molar-refractivity contribution in [3.05, 3.63) is 28.5 Å². The molecule has 0 heterocycles. The molecule has 1 aromatic carbocycles. The zero-order valence-corrected chi connectivity index (χ0v) is 14.5. The van der Waals surface area contributed by atoms with E-state index in [9.17, 15) is 17.6 Å². The highest BCUT2D eigenvalue weighted by Crippen LogP contribution is 2.22. The van der Waals surface area contributed by atoms with Crippen LogP contribution in [0.25, 0.3) is 0 Å². The van der Waals surface area contributed by atoms with Crippen molar-refractivity contribution in [2.24, 2.45) is 0 Å². The molecule has 0 N–H and O–H groups in total. The van der Waals surface area contributed by atoms with Gasteiger partial charge in [-0.1, -0.05) is 6.92 Å². The van der Waals surface area contributed by atoms with E-state index in [4.69, 9.17) is 0 Å². The lowest BCUT2D eigenvalue weighted by Gasteiger charge is -2.23. The summed E-state index contributed by atoms with van der Waals surface area (Å²) in [6.45, 7) is 1.74. The van der Waals surface area contributed by atoms with Gasteiger partial charge in [0.05, 0.1) is 15.9 Å². The number of halogens is 2. The summed E-state index contributed by atoms with van der Waals surface area (Å²) in [5.41, 5.74) is 0. The highest BCUT2D eigenvalue weighted by molar-refractivity contribution is 9.10. The van der Waals surface area contributed by atoms with Crippen LogP contribution in [0.1, 0.15) is 13.3 Å².